The molecule has 2 rings (SSSR count). The normalized spacial score (nSPS) is 21.0. The van der Waals surface area contributed by atoms with E-state index >= 15 is 0 Å². The molecule has 80 valence electrons. The van der Waals surface area contributed by atoms with Crippen LogP contribution in [0, 0.1) is 11.7 Å². The molecule has 0 N–H and O–H groups in total. The van der Waals surface area contributed by atoms with E-state index in [1.165, 1.54) is 12.1 Å². The standard InChI is InChI=1S/C11H10ClFOS/c1-6-4-15-5-7-2-10(13)9(12)3-8(7)11(6)14/h2-3,6H,4-5H2,1H3. The van der Waals surface area contributed by atoms with Crippen LogP contribution in [0.4, 0.5) is 4.39 Å². The average molecular weight is 245 g/mol. The molecule has 0 fully saturated rings. The highest BCUT2D eigenvalue weighted by molar-refractivity contribution is 7.98. The predicted octanol–water partition coefficient (Wildman–Crippen LogP) is 3.54. The predicted molar refractivity (Wildman–Crippen MR) is 61.1 cm³/mol. The Hall–Kier alpha value is -0.540. The van der Waals surface area contributed by atoms with Gasteiger partial charge in [0.25, 0.3) is 0 Å². The van der Waals surface area contributed by atoms with Crippen LogP contribution in [-0.4, -0.2) is 11.5 Å². The molecule has 1 aliphatic rings. The van der Waals surface area contributed by atoms with Gasteiger partial charge in [-0.25, -0.2) is 4.39 Å². The minimum absolute atomic E-state index is 0.0159. The molecular weight excluding hydrogens is 235 g/mol. The fourth-order valence-corrected chi connectivity index (χ4v) is 2.87. The number of benzene rings is 1. The van der Waals surface area contributed by atoms with Gasteiger partial charge in [-0.3, -0.25) is 4.79 Å². The Morgan fingerprint density at radius 3 is 3.00 bits per heavy atom. The summed E-state index contributed by atoms with van der Waals surface area (Å²) in [6, 6.07) is 2.83. The largest absolute Gasteiger partial charge is 0.294 e. The van der Waals surface area contributed by atoms with Crippen molar-refractivity contribution >= 4 is 29.1 Å². The van der Waals surface area contributed by atoms with E-state index in [0.717, 1.165) is 11.3 Å². The number of carbonyl (C=O) groups is 1. The maximum Gasteiger partial charge on any atom is 0.166 e. The topological polar surface area (TPSA) is 17.1 Å². The van der Waals surface area contributed by atoms with Gasteiger partial charge in [0.05, 0.1) is 5.02 Å². The van der Waals surface area contributed by atoms with E-state index in [1.54, 1.807) is 11.8 Å². The van der Waals surface area contributed by atoms with Gasteiger partial charge in [0.15, 0.2) is 5.78 Å². The number of hydrogen-bond acceptors (Lipinski definition) is 2. The molecule has 0 saturated heterocycles. The summed E-state index contributed by atoms with van der Waals surface area (Å²) < 4.78 is 13.2. The van der Waals surface area contributed by atoms with Crippen molar-refractivity contribution in [3.8, 4) is 0 Å². The lowest BCUT2D eigenvalue weighted by Crippen LogP contribution is -2.12. The van der Waals surface area contributed by atoms with E-state index in [4.69, 9.17) is 11.6 Å². The molecule has 0 saturated carbocycles. The van der Waals surface area contributed by atoms with Gasteiger partial charge in [-0.2, -0.15) is 11.8 Å². The molecule has 0 spiro atoms. The lowest BCUT2D eigenvalue weighted by Gasteiger charge is -2.07. The Bertz CT molecular complexity index is 419. The molecule has 1 atom stereocenters. The van der Waals surface area contributed by atoms with Crippen molar-refractivity contribution in [2.75, 3.05) is 5.75 Å². The zero-order valence-electron chi connectivity index (χ0n) is 8.22. The third-order valence-corrected chi connectivity index (χ3v) is 4.03. The van der Waals surface area contributed by atoms with E-state index in [1.807, 2.05) is 6.92 Å². The highest BCUT2D eigenvalue weighted by atomic mass is 35.5. The van der Waals surface area contributed by atoms with E-state index in [2.05, 4.69) is 0 Å². The van der Waals surface area contributed by atoms with Crippen molar-refractivity contribution in [2.24, 2.45) is 5.92 Å². The number of carbonyl (C=O) groups excluding carboxylic acids is 1. The van der Waals surface area contributed by atoms with Crippen molar-refractivity contribution in [3.05, 3.63) is 34.1 Å². The third-order valence-electron chi connectivity index (χ3n) is 2.48. The van der Waals surface area contributed by atoms with Crippen molar-refractivity contribution in [3.63, 3.8) is 0 Å². The summed E-state index contributed by atoms with van der Waals surface area (Å²) in [5.41, 5.74) is 1.34. The first kappa shape index (κ1) is 11.0. The Labute approximate surface area is 97.0 Å². The van der Waals surface area contributed by atoms with Gasteiger partial charge in [-0.15, -0.1) is 0 Å². The van der Waals surface area contributed by atoms with Gasteiger partial charge in [0, 0.05) is 23.0 Å². The lowest BCUT2D eigenvalue weighted by molar-refractivity contribution is 0.0942. The fourth-order valence-electron chi connectivity index (χ4n) is 1.62. The highest BCUT2D eigenvalue weighted by Gasteiger charge is 2.23. The third kappa shape index (κ3) is 2.04. The van der Waals surface area contributed by atoms with E-state index < -0.39 is 5.82 Å². The van der Waals surface area contributed by atoms with Crippen LogP contribution in [0.15, 0.2) is 12.1 Å². The van der Waals surface area contributed by atoms with Gasteiger partial charge < -0.3 is 0 Å². The Balaban J connectivity index is 2.54. The van der Waals surface area contributed by atoms with E-state index in [0.29, 0.717) is 11.3 Å². The van der Waals surface area contributed by atoms with Crippen molar-refractivity contribution in [1.82, 2.24) is 0 Å². The summed E-state index contributed by atoms with van der Waals surface area (Å²) in [4.78, 5) is 11.9. The summed E-state index contributed by atoms with van der Waals surface area (Å²) in [6.07, 6.45) is 0. The molecule has 1 heterocycles. The zero-order valence-corrected chi connectivity index (χ0v) is 9.79. The van der Waals surface area contributed by atoms with Crippen LogP contribution in [-0.2, 0) is 5.75 Å². The number of halogens is 2. The van der Waals surface area contributed by atoms with Crippen molar-refractivity contribution < 1.29 is 9.18 Å². The second-order valence-corrected chi connectivity index (χ2v) is 5.14. The number of Topliss-reactive ketones (excluding diaryl/α,β-unsaturated/α-hetero) is 1. The van der Waals surface area contributed by atoms with Crippen LogP contribution < -0.4 is 0 Å². The quantitative estimate of drug-likeness (QED) is 0.694. The second-order valence-electron chi connectivity index (χ2n) is 3.70. The zero-order chi connectivity index (χ0) is 11.0. The Morgan fingerprint density at radius 2 is 2.27 bits per heavy atom. The number of fused-ring (bicyclic) bond motifs is 1. The molecule has 1 unspecified atom stereocenters. The van der Waals surface area contributed by atoms with Crippen LogP contribution in [0.25, 0.3) is 0 Å². The van der Waals surface area contributed by atoms with Gasteiger partial charge >= 0.3 is 0 Å². The van der Waals surface area contributed by atoms with E-state index in [9.17, 15) is 9.18 Å². The van der Waals surface area contributed by atoms with Crippen LogP contribution in [0.3, 0.4) is 0 Å². The number of hydrogen-bond donors (Lipinski definition) is 0. The van der Waals surface area contributed by atoms with Crippen molar-refractivity contribution in [1.29, 1.82) is 0 Å². The van der Waals surface area contributed by atoms with Gasteiger partial charge in [-0.05, 0) is 17.7 Å². The highest BCUT2D eigenvalue weighted by Crippen LogP contribution is 2.30. The first-order valence-electron chi connectivity index (χ1n) is 4.69. The molecule has 1 aliphatic heterocycles. The minimum atomic E-state index is -0.446. The second kappa shape index (κ2) is 4.14. The summed E-state index contributed by atoms with van der Waals surface area (Å²) in [5.74, 6) is 1.07. The first-order valence-corrected chi connectivity index (χ1v) is 6.22. The molecule has 0 bridgehead atoms. The SMILES string of the molecule is CC1CSCc2cc(F)c(Cl)cc2C1=O. The Kier molecular flexibility index (Phi) is 3.03. The smallest absolute Gasteiger partial charge is 0.166 e. The molecule has 0 aromatic heterocycles. The molecule has 1 aromatic carbocycles. The van der Waals surface area contributed by atoms with Gasteiger partial charge in [0.1, 0.15) is 5.82 Å². The van der Waals surface area contributed by atoms with Crippen LogP contribution in [0.1, 0.15) is 22.8 Å². The molecule has 0 amide bonds. The molecule has 0 aliphatic carbocycles. The van der Waals surface area contributed by atoms with E-state index in [-0.39, 0.29) is 16.7 Å². The summed E-state index contributed by atoms with van der Waals surface area (Å²) in [7, 11) is 0. The summed E-state index contributed by atoms with van der Waals surface area (Å²) in [5, 5.41) is 0.0289. The van der Waals surface area contributed by atoms with Gasteiger partial charge in [0.2, 0.25) is 0 Å². The molecule has 4 heteroatoms. The summed E-state index contributed by atoms with van der Waals surface area (Å²) >= 11 is 7.33. The minimum Gasteiger partial charge on any atom is -0.294 e. The van der Waals surface area contributed by atoms with Crippen LogP contribution >= 0.6 is 23.4 Å². The number of thioether (sulfide) groups is 1. The summed E-state index contributed by atoms with van der Waals surface area (Å²) in [6.45, 7) is 1.89. The maximum absolute atomic E-state index is 13.2. The van der Waals surface area contributed by atoms with Gasteiger partial charge in [-0.1, -0.05) is 18.5 Å². The Morgan fingerprint density at radius 1 is 1.53 bits per heavy atom. The molecule has 1 nitrogen and oxygen atoms in total. The molecular formula is C11H10ClFOS. The molecule has 15 heavy (non-hydrogen) atoms. The van der Waals surface area contributed by atoms with Crippen LogP contribution in [0.5, 0.6) is 0 Å². The molecule has 1 aromatic rings. The first-order chi connectivity index (χ1) is 7.09. The molecule has 0 radical (unpaired) electrons. The fraction of sp³-hybridized carbons (Fsp3) is 0.364. The average Bonchev–Trinajstić information content (AvgIpc) is 2.32. The monoisotopic (exact) mass is 244 g/mol. The lowest BCUT2D eigenvalue weighted by atomic mass is 9.97. The number of rotatable bonds is 0. The number of ketones is 1. The van der Waals surface area contributed by atoms with Crippen molar-refractivity contribution in [2.45, 2.75) is 12.7 Å². The van der Waals surface area contributed by atoms with Crippen LogP contribution in [0.2, 0.25) is 5.02 Å². The maximum atomic E-state index is 13.2.